The third kappa shape index (κ3) is 7.12. The molecule has 230 valence electrons. The summed E-state index contributed by atoms with van der Waals surface area (Å²) in [6, 6.07) is 24.1. The summed E-state index contributed by atoms with van der Waals surface area (Å²) in [5, 5.41) is 0.974. The van der Waals surface area contributed by atoms with Gasteiger partial charge < -0.3 is 15.4 Å². The lowest BCUT2D eigenvalue weighted by Crippen LogP contribution is -2.51. The average molecular weight is 672 g/mol. The van der Waals surface area contributed by atoms with Crippen LogP contribution in [0.2, 0.25) is 10.0 Å². The Morgan fingerprint density at radius 3 is 2.25 bits per heavy atom. The van der Waals surface area contributed by atoms with Crippen LogP contribution >= 0.6 is 34.5 Å². The van der Waals surface area contributed by atoms with Gasteiger partial charge in [-0.05, 0) is 72.9 Å². The topological polar surface area (TPSA) is 107 Å². The van der Waals surface area contributed by atoms with Crippen molar-refractivity contribution in [1.82, 2.24) is 4.90 Å². The molecular weight excluding hydrogens is 639 g/mol. The normalized spacial score (nSPS) is 14.8. The zero-order valence-corrected chi connectivity index (χ0v) is 27.2. The van der Waals surface area contributed by atoms with E-state index in [-0.39, 0.29) is 24.2 Å². The number of rotatable bonds is 10. The summed E-state index contributed by atoms with van der Waals surface area (Å²) in [6.07, 6.45) is 2.49. The molecule has 1 aromatic heterocycles. The highest BCUT2D eigenvalue weighted by molar-refractivity contribution is 7.90. The fraction of sp³-hybridized carbons (Fsp3) is 0.273. The summed E-state index contributed by atoms with van der Waals surface area (Å²) in [6.45, 7) is 1.07. The van der Waals surface area contributed by atoms with Crippen molar-refractivity contribution < 1.29 is 22.7 Å². The van der Waals surface area contributed by atoms with Crippen LogP contribution in [0, 0.1) is 0 Å². The zero-order chi connectivity index (χ0) is 31.5. The number of carbonyl (C=O) groups excluding carboxylic acids is 2. The van der Waals surface area contributed by atoms with Crippen molar-refractivity contribution in [3.05, 3.63) is 99.3 Å². The number of carbonyl (C=O) groups is 2. The van der Waals surface area contributed by atoms with Crippen molar-refractivity contribution in [2.45, 2.75) is 24.7 Å². The van der Waals surface area contributed by atoms with Crippen LogP contribution in [0.25, 0.3) is 21.6 Å². The van der Waals surface area contributed by atoms with Gasteiger partial charge in [-0.15, -0.1) is 11.3 Å². The molecule has 0 atom stereocenters. The van der Waals surface area contributed by atoms with E-state index in [2.05, 4.69) is 0 Å². The lowest BCUT2D eigenvalue weighted by Gasteiger charge is -2.40. The molecule has 7 nitrogen and oxygen atoms in total. The van der Waals surface area contributed by atoms with Crippen molar-refractivity contribution >= 4 is 56.2 Å². The summed E-state index contributed by atoms with van der Waals surface area (Å²) in [4.78, 5) is 29.7. The largest absolute Gasteiger partial charge is 0.494 e. The third-order valence-corrected chi connectivity index (χ3v) is 10.7. The van der Waals surface area contributed by atoms with E-state index in [0.29, 0.717) is 53.0 Å². The molecule has 5 rings (SSSR count). The molecule has 0 spiro atoms. The number of thiophene rings is 1. The molecule has 3 aromatic carbocycles. The highest BCUT2D eigenvalue weighted by atomic mass is 35.5. The molecule has 0 saturated carbocycles. The highest BCUT2D eigenvalue weighted by Crippen LogP contribution is 2.44. The first-order valence-electron chi connectivity index (χ1n) is 14.1. The van der Waals surface area contributed by atoms with E-state index in [1.54, 1.807) is 17.0 Å². The summed E-state index contributed by atoms with van der Waals surface area (Å²) < 4.78 is 28.5. The van der Waals surface area contributed by atoms with Crippen LogP contribution in [0.4, 0.5) is 0 Å². The van der Waals surface area contributed by atoms with Crippen LogP contribution in [0.5, 0.6) is 5.75 Å². The maximum Gasteiger partial charge on any atom is 0.263 e. The van der Waals surface area contributed by atoms with Gasteiger partial charge in [0.05, 0.1) is 22.7 Å². The molecule has 4 aromatic rings. The van der Waals surface area contributed by atoms with Gasteiger partial charge in [0.15, 0.2) is 0 Å². The van der Waals surface area contributed by atoms with E-state index in [9.17, 15) is 18.0 Å². The van der Waals surface area contributed by atoms with Crippen molar-refractivity contribution in [1.29, 1.82) is 0 Å². The number of ether oxygens (including phenoxy) is 1. The first-order chi connectivity index (χ1) is 21.0. The minimum atomic E-state index is -3.04. The first-order valence-corrected chi connectivity index (χ1v) is 17.7. The zero-order valence-electron chi connectivity index (χ0n) is 24.1. The number of benzene rings is 3. The van der Waals surface area contributed by atoms with E-state index < -0.39 is 15.3 Å². The molecule has 2 N–H and O–H groups in total. The van der Waals surface area contributed by atoms with E-state index in [0.717, 1.165) is 27.1 Å². The number of hydrogen-bond acceptors (Lipinski definition) is 6. The Hall–Kier alpha value is -3.37. The number of nitrogens with two attached hydrogens (primary N) is 1. The summed E-state index contributed by atoms with van der Waals surface area (Å²) >= 11 is 14.2. The number of halogens is 2. The average Bonchev–Trinajstić information content (AvgIpc) is 3.44. The Kier molecular flexibility index (Phi) is 9.70. The Balaban J connectivity index is 1.40. The van der Waals surface area contributed by atoms with Gasteiger partial charge in [-0.2, -0.15) is 0 Å². The molecule has 0 radical (unpaired) electrons. The van der Waals surface area contributed by atoms with E-state index in [1.807, 2.05) is 66.7 Å². The van der Waals surface area contributed by atoms with Gasteiger partial charge in [-0.1, -0.05) is 59.6 Å². The fourth-order valence-electron chi connectivity index (χ4n) is 5.51. The number of amides is 2. The van der Waals surface area contributed by atoms with Crippen molar-refractivity contribution in [3.8, 4) is 27.3 Å². The van der Waals surface area contributed by atoms with Crippen LogP contribution < -0.4 is 10.5 Å². The van der Waals surface area contributed by atoms with Crippen LogP contribution in [0.1, 0.15) is 34.5 Å². The molecule has 11 heteroatoms. The molecule has 44 heavy (non-hydrogen) atoms. The first kappa shape index (κ1) is 32.0. The molecule has 1 aliphatic rings. The number of primary amides is 1. The van der Waals surface area contributed by atoms with Gasteiger partial charge in [0.1, 0.15) is 15.6 Å². The number of hydrogen-bond donors (Lipinski definition) is 1. The van der Waals surface area contributed by atoms with Crippen LogP contribution in [0.3, 0.4) is 0 Å². The summed E-state index contributed by atoms with van der Waals surface area (Å²) in [7, 11) is -3.04. The maximum absolute atomic E-state index is 13.9. The van der Waals surface area contributed by atoms with Crippen LogP contribution in [-0.4, -0.2) is 56.8 Å². The Morgan fingerprint density at radius 1 is 0.955 bits per heavy atom. The van der Waals surface area contributed by atoms with Gasteiger partial charge in [0, 0.05) is 45.4 Å². The van der Waals surface area contributed by atoms with Gasteiger partial charge in [0.25, 0.3) is 5.91 Å². The molecule has 1 fully saturated rings. The summed E-state index contributed by atoms with van der Waals surface area (Å²) in [5.74, 6) is 0.182. The standard InChI is InChI=1S/C33H32Cl2N2O5S2/c1-44(40,41)19-5-18-42-25-11-8-22(9-12-25)30-27(26-13-10-24(34)20-28(26)35)21-29(43-30)31(38)37-16-14-33(15-17-37,32(36)39)23-6-3-2-4-7-23/h2-4,6-13,20-21H,5,14-19H2,1H3,(H2,36,39). The monoisotopic (exact) mass is 670 g/mol. The van der Waals surface area contributed by atoms with Crippen molar-refractivity contribution in [2.75, 3.05) is 31.7 Å². The van der Waals surface area contributed by atoms with Gasteiger partial charge >= 0.3 is 0 Å². The predicted octanol–water partition coefficient (Wildman–Crippen LogP) is 6.86. The van der Waals surface area contributed by atoms with E-state index in [1.165, 1.54) is 17.6 Å². The molecule has 2 amide bonds. The molecule has 0 aliphatic carbocycles. The lowest BCUT2D eigenvalue weighted by molar-refractivity contribution is -0.125. The van der Waals surface area contributed by atoms with Gasteiger partial charge in [-0.25, -0.2) is 8.42 Å². The second-order valence-electron chi connectivity index (χ2n) is 10.9. The molecule has 0 bridgehead atoms. The number of nitrogens with zero attached hydrogens (tertiary/aromatic N) is 1. The van der Waals surface area contributed by atoms with Crippen molar-refractivity contribution in [3.63, 3.8) is 0 Å². The number of piperidine rings is 1. The quantitative estimate of drug-likeness (QED) is 0.186. The highest BCUT2D eigenvalue weighted by Gasteiger charge is 2.42. The molecular formula is C33H32Cl2N2O5S2. The minimum absolute atomic E-state index is 0.0646. The van der Waals surface area contributed by atoms with Gasteiger partial charge in [-0.3, -0.25) is 9.59 Å². The Bertz CT molecular complexity index is 1770. The summed E-state index contributed by atoms with van der Waals surface area (Å²) in [5.41, 5.74) is 8.39. The van der Waals surface area contributed by atoms with Crippen LogP contribution in [-0.2, 0) is 20.0 Å². The third-order valence-electron chi connectivity index (χ3n) is 7.91. The number of likely N-dealkylation sites (tertiary alicyclic amines) is 1. The Morgan fingerprint density at radius 2 is 1.64 bits per heavy atom. The molecule has 1 saturated heterocycles. The second-order valence-corrected chi connectivity index (χ2v) is 15.1. The van der Waals surface area contributed by atoms with Gasteiger partial charge in [0.2, 0.25) is 5.91 Å². The molecule has 1 aliphatic heterocycles. The van der Waals surface area contributed by atoms with Crippen molar-refractivity contribution in [2.24, 2.45) is 5.73 Å². The fourth-order valence-corrected chi connectivity index (χ4v) is 7.81. The second kappa shape index (κ2) is 13.3. The Labute approximate surface area is 271 Å². The van der Waals surface area contributed by atoms with E-state index in [4.69, 9.17) is 33.7 Å². The smallest absolute Gasteiger partial charge is 0.263 e. The molecule has 0 unspecified atom stereocenters. The number of sulfone groups is 1. The predicted molar refractivity (Wildman–Crippen MR) is 177 cm³/mol. The maximum atomic E-state index is 13.9. The molecule has 2 heterocycles. The van der Waals surface area contributed by atoms with Crippen LogP contribution in [0.15, 0.2) is 78.9 Å². The SMILES string of the molecule is CS(=O)(=O)CCCOc1ccc(-c2sc(C(=O)N3CCC(C(N)=O)(c4ccccc4)CC3)cc2-c2ccc(Cl)cc2Cl)cc1. The minimum Gasteiger partial charge on any atom is -0.494 e. The lowest BCUT2D eigenvalue weighted by atomic mass is 9.72. The van der Waals surface area contributed by atoms with E-state index >= 15 is 0 Å².